The van der Waals surface area contributed by atoms with Gasteiger partial charge in [-0.05, 0) is 18.8 Å². The van der Waals surface area contributed by atoms with Crippen molar-refractivity contribution >= 4 is 28.3 Å². The molecule has 9 nitrogen and oxygen atoms in total. The predicted molar refractivity (Wildman–Crippen MR) is 113 cm³/mol. The van der Waals surface area contributed by atoms with Crippen LogP contribution in [0.5, 0.6) is 0 Å². The molecule has 1 aliphatic carbocycles. The van der Waals surface area contributed by atoms with E-state index in [1.165, 1.54) is 18.3 Å². The molecule has 164 valence electrons. The van der Waals surface area contributed by atoms with Crippen LogP contribution < -0.4 is 10.6 Å². The third-order valence-corrected chi connectivity index (χ3v) is 5.99. The number of nitrogens with zero attached hydrogens (tertiary/aromatic N) is 4. The van der Waals surface area contributed by atoms with Crippen molar-refractivity contribution in [3.63, 3.8) is 0 Å². The first-order valence-corrected chi connectivity index (χ1v) is 11.4. The molecule has 0 spiro atoms. The van der Waals surface area contributed by atoms with Gasteiger partial charge in [0, 0.05) is 26.2 Å². The fraction of sp³-hybridized carbons (Fsp3) is 0.700. The summed E-state index contributed by atoms with van der Waals surface area (Å²) in [4.78, 5) is 28.6. The molecule has 2 amide bonds. The summed E-state index contributed by atoms with van der Waals surface area (Å²) in [5.41, 5.74) is -0.578. The number of anilines is 1. The van der Waals surface area contributed by atoms with Crippen LogP contribution in [0.2, 0.25) is 0 Å². The Bertz CT molecular complexity index is 854. The molecule has 10 heteroatoms. The van der Waals surface area contributed by atoms with Gasteiger partial charge >= 0.3 is 0 Å². The van der Waals surface area contributed by atoms with Crippen molar-refractivity contribution in [3.8, 4) is 0 Å². The van der Waals surface area contributed by atoms with E-state index in [1.807, 2.05) is 0 Å². The van der Waals surface area contributed by atoms with Crippen LogP contribution in [0, 0.1) is 5.92 Å². The second-order valence-electron chi connectivity index (χ2n) is 8.34. The molecule has 2 aromatic heterocycles. The van der Waals surface area contributed by atoms with E-state index >= 15 is 0 Å². The largest absolute Gasteiger partial charge is 0.343 e. The molecule has 1 fully saturated rings. The van der Waals surface area contributed by atoms with Crippen molar-refractivity contribution in [2.24, 2.45) is 5.92 Å². The number of nitrogens with one attached hydrogen (secondary N) is 2. The van der Waals surface area contributed by atoms with Crippen LogP contribution in [0.25, 0.3) is 0 Å². The Hall–Kier alpha value is -2.36. The highest BCUT2D eigenvalue weighted by atomic mass is 32.1. The smallest absolute Gasteiger partial charge is 0.227 e. The van der Waals surface area contributed by atoms with Crippen molar-refractivity contribution in [3.05, 3.63) is 16.7 Å². The van der Waals surface area contributed by atoms with Crippen molar-refractivity contribution in [1.82, 2.24) is 25.7 Å². The van der Waals surface area contributed by atoms with Crippen LogP contribution >= 0.6 is 11.3 Å². The maximum atomic E-state index is 12.3. The first-order valence-electron chi connectivity index (χ1n) is 10.6. The highest BCUT2D eigenvalue weighted by Crippen LogP contribution is 2.34. The average molecular weight is 435 g/mol. The maximum Gasteiger partial charge on any atom is 0.227 e. The maximum absolute atomic E-state index is 12.3. The van der Waals surface area contributed by atoms with E-state index < -0.39 is 5.54 Å². The van der Waals surface area contributed by atoms with Crippen molar-refractivity contribution in [2.45, 2.75) is 84.1 Å². The molecule has 3 rings (SSSR count). The zero-order valence-electron chi connectivity index (χ0n) is 17.9. The van der Waals surface area contributed by atoms with Crippen molar-refractivity contribution < 1.29 is 14.1 Å². The third-order valence-electron chi connectivity index (χ3n) is 5.13. The number of rotatable bonds is 8. The molecule has 2 aromatic rings. The topological polar surface area (TPSA) is 123 Å². The number of carbonyl (C=O) groups is 2. The number of aryl methyl sites for hydroxylation is 1. The van der Waals surface area contributed by atoms with E-state index in [0.29, 0.717) is 29.2 Å². The van der Waals surface area contributed by atoms with Crippen LogP contribution in [0.4, 0.5) is 5.13 Å². The molecule has 2 N–H and O–H groups in total. The van der Waals surface area contributed by atoms with Crippen LogP contribution in [0.3, 0.4) is 0 Å². The average Bonchev–Trinajstić information content (AvgIpc) is 3.25. The molecular formula is C20H30N6O3S. The molecule has 0 bridgehead atoms. The number of aromatic nitrogens is 4. The SMILES string of the molecule is CC(=O)NC1(c2noc(CCC(=O)Nc3nnc(CC(C)C)s3)n2)CCCCCC1. The highest BCUT2D eigenvalue weighted by molar-refractivity contribution is 7.15. The summed E-state index contributed by atoms with van der Waals surface area (Å²) < 4.78 is 5.40. The minimum atomic E-state index is -0.578. The lowest BCUT2D eigenvalue weighted by atomic mass is 9.89. The number of hydrogen-bond donors (Lipinski definition) is 2. The lowest BCUT2D eigenvalue weighted by molar-refractivity contribution is -0.121. The second-order valence-corrected chi connectivity index (χ2v) is 9.40. The van der Waals surface area contributed by atoms with Gasteiger partial charge in [-0.25, -0.2) is 0 Å². The fourth-order valence-electron chi connectivity index (χ4n) is 3.76. The van der Waals surface area contributed by atoms with E-state index in [1.54, 1.807) is 0 Å². The van der Waals surface area contributed by atoms with Gasteiger partial charge in [-0.3, -0.25) is 9.59 Å². The van der Waals surface area contributed by atoms with Gasteiger partial charge in [0.25, 0.3) is 0 Å². The quantitative estimate of drug-likeness (QED) is 0.611. The minimum Gasteiger partial charge on any atom is -0.343 e. The minimum absolute atomic E-state index is 0.100. The molecule has 0 saturated heterocycles. The van der Waals surface area contributed by atoms with Gasteiger partial charge in [0.15, 0.2) is 5.82 Å². The summed E-state index contributed by atoms with van der Waals surface area (Å²) in [6.07, 6.45) is 7.24. The Morgan fingerprint density at radius 1 is 1.17 bits per heavy atom. The molecule has 1 aliphatic rings. The van der Waals surface area contributed by atoms with Gasteiger partial charge in [-0.2, -0.15) is 4.98 Å². The van der Waals surface area contributed by atoms with Gasteiger partial charge in [0.1, 0.15) is 10.5 Å². The molecule has 0 aromatic carbocycles. The molecular weight excluding hydrogens is 404 g/mol. The van der Waals surface area contributed by atoms with Crippen LogP contribution in [0.1, 0.15) is 82.4 Å². The Morgan fingerprint density at radius 3 is 2.57 bits per heavy atom. The molecule has 30 heavy (non-hydrogen) atoms. The van der Waals surface area contributed by atoms with E-state index in [4.69, 9.17) is 4.52 Å². The Balaban J connectivity index is 1.58. The van der Waals surface area contributed by atoms with Crippen LogP contribution in [0.15, 0.2) is 4.52 Å². The first-order chi connectivity index (χ1) is 14.4. The lowest BCUT2D eigenvalue weighted by Gasteiger charge is -2.30. The molecule has 0 aliphatic heterocycles. The second kappa shape index (κ2) is 10.1. The number of amides is 2. The molecule has 0 radical (unpaired) electrons. The van der Waals surface area contributed by atoms with Crippen molar-refractivity contribution in [1.29, 1.82) is 0 Å². The predicted octanol–water partition coefficient (Wildman–Crippen LogP) is 3.38. The van der Waals surface area contributed by atoms with Gasteiger partial charge in [-0.15, -0.1) is 10.2 Å². The van der Waals surface area contributed by atoms with Crippen LogP contribution in [-0.2, 0) is 28.0 Å². The Labute approximate surface area is 180 Å². The standard InChI is InChI=1S/C20H30N6O3S/c1-13(2)12-17-24-25-19(30-17)21-15(28)8-9-16-22-18(26-29-16)20(23-14(3)27)10-6-4-5-7-11-20/h13H,4-12H2,1-3H3,(H,23,27)(H,21,25,28). The third kappa shape index (κ3) is 6.07. The Kier molecular flexibility index (Phi) is 7.52. The zero-order chi connectivity index (χ0) is 21.6. The summed E-state index contributed by atoms with van der Waals surface area (Å²) >= 11 is 1.40. The van der Waals surface area contributed by atoms with E-state index in [2.05, 4.69) is 44.8 Å². The van der Waals surface area contributed by atoms with Crippen LogP contribution in [-0.4, -0.2) is 32.2 Å². The number of hydrogen-bond acceptors (Lipinski definition) is 8. The summed E-state index contributed by atoms with van der Waals surface area (Å²) in [5, 5.41) is 19.5. The molecule has 2 heterocycles. The molecule has 0 atom stereocenters. The first kappa shape index (κ1) is 22.3. The normalized spacial score (nSPS) is 16.3. The van der Waals surface area contributed by atoms with Gasteiger partial charge in [0.2, 0.25) is 22.8 Å². The van der Waals surface area contributed by atoms with E-state index in [-0.39, 0.29) is 18.2 Å². The fourth-order valence-corrected chi connectivity index (χ4v) is 4.73. The zero-order valence-corrected chi connectivity index (χ0v) is 18.7. The van der Waals surface area contributed by atoms with Gasteiger partial charge in [-0.1, -0.05) is 56.0 Å². The summed E-state index contributed by atoms with van der Waals surface area (Å²) in [7, 11) is 0. The summed E-state index contributed by atoms with van der Waals surface area (Å²) in [6, 6.07) is 0. The van der Waals surface area contributed by atoms with Crippen molar-refractivity contribution in [2.75, 3.05) is 5.32 Å². The van der Waals surface area contributed by atoms with Gasteiger partial charge in [0.05, 0.1) is 0 Å². The molecule has 0 unspecified atom stereocenters. The lowest BCUT2D eigenvalue weighted by Crippen LogP contribution is -2.45. The number of carbonyl (C=O) groups excluding carboxylic acids is 2. The van der Waals surface area contributed by atoms with Gasteiger partial charge < -0.3 is 15.2 Å². The monoisotopic (exact) mass is 434 g/mol. The Morgan fingerprint density at radius 2 is 1.90 bits per heavy atom. The molecule has 1 saturated carbocycles. The highest BCUT2D eigenvalue weighted by Gasteiger charge is 2.38. The summed E-state index contributed by atoms with van der Waals surface area (Å²) in [5.74, 6) is 1.12. The summed E-state index contributed by atoms with van der Waals surface area (Å²) in [6.45, 7) is 5.74. The van der Waals surface area contributed by atoms with E-state index in [9.17, 15) is 9.59 Å². The van der Waals surface area contributed by atoms with E-state index in [0.717, 1.165) is 50.0 Å².